The van der Waals surface area contributed by atoms with Crippen molar-refractivity contribution in [2.75, 3.05) is 5.01 Å². The Balaban J connectivity index is 1.77. The SMILES string of the molecule is CC(C)c1cccc(-c2ccc(C3CC(C(O)(C(F)(F)F)C(F)(F)F)=NN3c3ccccc3Cl)cc2)c1. The molecule has 1 heterocycles. The second-order valence-electron chi connectivity index (χ2n) is 9.17. The minimum absolute atomic E-state index is 0.0853. The van der Waals surface area contributed by atoms with Gasteiger partial charge in [-0.05, 0) is 40.3 Å². The summed E-state index contributed by atoms with van der Waals surface area (Å²) in [5, 5.41) is 14.8. The molecule has 1 aliphatic heterocycles. The Morgan fingerprint density at radius 2 is 1.49 bits per heavy atom. The molecule has 4 rings (SSSR count). The van der Waals surface area contributed by atoms with Crippen molar-refractivity contribution in [1.82, 2.24) is 0 Å². The van der Waals surface area contributed by atoms with Gasteiger partial charge in [0.15, 0.2) is 0 Å². The molecule has 3 nitrogen and oxygen atoms in total. The Kier molecular flexibility index (Phi) is 7.07. The number of anilines is 1. The fraction of sp³-hybridized carbons (Fsp3) is 0.296. The fourth-order valence-electron chi connectivity index (χ4n) is 4.31. The van der Waals surface area contributed by atoms with E-state index in [-0.39, 0.29) is 10.7 Å². The van der Waals surface area contributed by atoms with Crippen LogP contribution in [0.3, 0.4) is 0 Å². The van der Waals surface area contributed by atoms with Gasteiger partial charge in [0, 0.05) is 6.42 Å². The van der Waals surface area contributed by atoms with Crippen LogP contribution in [0.25, 0.3) is 11.1 Å². The molecule has 37 heavy (non-hydrogen) atoms. The van der Waals surface area contributed by atoms with Crippen LogP contribution in [0.5, 0.6) is 0 Å². The topological polar surface area (TPSA) is 35.8 Å². The number of alkyl halides is 6. The average Bonchev–Trinajstić information content (AvgIpc) is 3.28. The van der Waals surface area contributed by atoms with Crippen LogP contribution in [0.2, 0.25) is 5.02 Å². The molecule has 0 aromatic heterocycles. The molecule has 196 valence electrons. The maximum Gasteiger partial charge on any atom is 0.431 e. The van der Waals surface area contributed by atoms with Gasteiger partial charge in [0.2, 0.25) is 0 Å². The standard InChI is InChI=1S/C27H23ClF6N2O/c1-16(2)19-6-5-7-20(14-19)17-10-12-18(13-11-17)23-15-24(25(37,26(29,30)31)27(32,33)34)35-36(23)22-9-4-3-8-21(22)28/h3-14,16,23,37H,15H2,1-2H3. The van der Waals surface area contributed by atoms with E-state index in [1.54, 1.807) is 30.3 Å². The average molecular weight is 541 g/mol. The van der Waals surface area contributed by atoms with E-state index in [1.165, 1.54) is 18.2 Å². The summed E-state index contributed by atoms with van der Waals surface area (Å²) in [7, 11) is 0. The second-order valence-corrected chi connectivity index (χ2v) is 9.58. The van der Waals surface area contributed by atoms with Crippen molar-refractivity contribution in [3.8, 4) is 11.1 Å². The summed E-state index contributed by atoms with van der Waals surface area (Å²) < 4.78 is 81.8. The highest BCUT2D eigenvalue weighted by atomic mass is 35.5. The largest absolute Gasteiger partial charge is 0.431 e. The van der Waals surface area contributed by atoms with Crippen molar-refractivity contribution in [3.05, 3.63) is 88.9 Å². The normalized spacial score (nSPS) is 16.9. The van der Waals surface area contributed by atoms with Gasteiger partial charge in [-0.1, -0.05) is 86.1 Å². The van der Waals surface area contributed by atoms with Gasteiger partial charge in [-0.3, -0.25) is 5.01 Å². The van der Waals surface area contributed by atoms with Crippen LogP contribution in [0, 0.1) is 0 Å². The number of aliphatic hydroxyl groups is 1. The molecule has 10 heteroatoms. The number of rotatable bonds is 5. The molecular weight excluding hydrogens is 518 g/mol. The molecule has 0 amide bonds. The maximum absolute atomic E-state index is 13.6. The second kappa shape index (κ2) is 9.68. The van der Waals surface area contributed by atoms with Crippen molar-refractivity contribution in [2.45, 2.75) is 50.2 Å². The van der Waals surface area contributed by atoms with E-state index in [1.807, 2.05) is 24.3 Å². The lowest BCUT2D eigenvalue weighted by molar-refractivity contribution is -0.338. The minimum atomic E-state index is -6.03. The first-order chi connectivity index (χ1) is 17.2. The van der Waals surface area contributed by atoms with Crippen LogP contribution < -0.4 is 5.01 Å². The van der Waals surface area contributed by atoms with Crippen LogP contribution in [0.15, 0.2) is 77.9 Å². The molecule has 3 aromatic rings. The Bertz CT molecular complexity index is 1290. The first kappa shape index (κ1) is 27.0. The fourth-order valence-corrected chi connectivity index (χ4v) is 4.53. The van der Waals surface area contributed by atoms with E-state index in [0.717, 1.165) is 21.7 Å². The van der Waals surface area contributed by atoms with E-state index in [0.29, 0.717) is 11.5 Å². The van der Waals surface area contributed by atoms with Crippen molar-refractivity contribution < 1.29 is 31.4 Å². The lowest BCUT2D eigenvalue weighted by atomic mass is 9.89. The van der Waals surface area contributed by atoms with Crippen molar-refractivity contribution in [2.24, 2.45) is 5.10 Å². The van der Waals surface area contributed by atoms with Crippen LogP contribution in [0.4, 0.5) is 32.0 Å². The Hall–Kier alpha value is -3.04. The monoisotopic (exact) mass is 540 g/mol. The molecule has 0 aliphatic carbocycles. The van der Waals surface area contributed by atoms with Crippen LogP contribution >= 0.6 is 11.6 Å². The number of nitrogens with zero attached hydrogens (tertiary/aromatic N) is 2. The molecule has 1 aliphatic rings. The third kappa shape index (κ3) is 4.94. The van der Waals surface area contributed by atoms with Gasteiger partial charge in [-0.15, -0.1) is 0 Å². The van der Waals surface area contributed by atoms with Crippen molar-refractivity contribution >= 4 is 23.0 Å². The first-order valence-corrected chi connectivity index (χ1v) is 11.8. The van der Waals surface area contributed by atoms with E-state index in [2.05, 4.69) is 18.9 Å². The number of para-hydroxylation sites is 1. The molecular formula is C27H23ClF6N2O. The van der Waals surface area contributed by atoms with Crippen LogP contribution in [-0.4, -0.2) is 28.8 Å². The van der Waals surface area contributed by atoms with Gasteiger partial charge in [0.25, 0.3) is 5.60 Å². The van der Waals surface area contributed by atoms with Gasteiger partial charge >= 0.3 is 12.4 Å². The van der Waals surface area contributed by atoms with Gasteiger partial charge in [-0.25, -0.2) is 0 Å². The molecule has 1 N–H and O–H groups in total. The summed E-state index contributed by atoms with van der Waals surface area (Å²) in [4.78, 5) is 0. The summed E-state index contributed by atoms with van der Waals surface area (Å²) >= 11 is 6.23. The molecule has 1 unspecified atom stereocenters. The lowest BCUT2D eigenvalue weighted by Gasteiger charge is -2.32. The van der Waals surface area contributed by atoms with Gasteiger partial charge in [0.1, 0.15) is 0 Å². The summed E-state index contributed by atoms with van der Waals surface area (Å²) in [5.74, 6) is 0.304. The first-order valence-electron chi connectivity index (χ1n) is 11.4. The molecule has 3 aromatic carbocycles. The molecule has 0 radical (unpaired) electrons. The Labute approximate surface area is 215 Å². The molecule has 0 spiro atoms. The molecule has 1 atom stereocenters. The number of hydrogen-bond acceptors (Lipinski definition) is 3. The van der Waals surface area contributed by atoms with Gasteiger partial charge < -0.3 is 5.11 Å². The molecule has 0 saturated carbocycles. The number of benzene rings is 3. The van der Waals surface area contributed by atoms with E-state index in [9.17, 15) is 31.4 Å². The zero-order chi connectivity index (χ0) is 27.2. The van der Waals surface area contributed by atoms with Gasteiger partial charge in [0.05, 0.1) is 22.5 Å². The maximum atomic E-state index is 13.6. The van der Waals surface area contributed by atoms with E-state index < -0.39 is 36.1 Å². The van der Waals surface area contributed by atoms with Crippen molar-refractivity contribution in [1.29, 1.82) is 0 Å². The third-order valence-electron chi connectivity index (χ3n) is 6.43. The highest BCUT2D eigenvalue weighted by Crippen LogP contribution is 2.49. The van der Waals surface area contributed by atoms with Crippen molar-refractivity contribution in [3.63, 3.8) is 0 Å². The molecule has 0 saturated heterocycles. The zero-order valence-corrected chi connectivity index (χ0v) is 20.5. The summed E-state index contributed by atoms with van der Waals surface area (Å²) in [5.41, 5.74) is -3.15. The Morgan fingerprint density at radius 3 is 2.05 bits per heavy atom. The van der Waals surface area contributed by atoms with E-state index in [4.69, 9.17) is 11.6 Å². The third-order valence-corrected chi connectivity index (χ3v) is 6.75. The highest BCUT2D eigenvalue weighted by molar-refractivity contribution is 6.33. The number of hydrazone groups is 1. The van der Waals surface area contributed by atoms with E-state index >= 15 is 0 Å². The van der Waals surface area contributed by atoms with Crippen LogP contribution in [-0.2, 0) is 0 Å². The lowest BCUT2D eigenvalue weighted by Crippen LogP contribution is -2.62. The predicted molar refractivity (Wildman–Crippen MR) is 132 cm³/mol. The molecule has 0 bridgehead atoms. The minimum Gasteiger partial charge on any atom is -0.369 e. The quantitative estimate of drug-likeness (QED) is 0.330. The summed E-state index contributed by atoms with van der Waals surface area (Å²) in [6, 6.07) is 19.6. The highest BCUT2D eigenvalue weighted by Gasteiger charge is 2.74. The van der Waals surface area contributed by atoms with Gasteiger partial charge in [-0.2, -0.15) is 31.4 Å². The summed E-state index contributed by atoms with van der Waals surface area (Å²) in [6.07, 6.45) is -12.9. The molecule has 0 fully saturated rings. The smallest absolute Gasteiger partial charge is 0.369 e. The number of halogens is 7. The summed E-state index contributed by atoms with van der Waals surface area (Å²) in [6.45, 7) is 4.12. The number of hydrogen-bond donors (Lipinski definition) is 1. The van der Waals surface area contributed by atoms with Crippen LogP contribution in [0.1, 0.15) is 43.4 Å². The zero-order valence-electron chi connectivity index (χ0n) is 19.8. The predicted octanol–water partition coefficient (Wildman–Crippen LogP) is 8.29. The Morgan fingerprint density at radius 1 is 0.865 bits per heavy atom.